The van der Waals surface area contributed by atoms with E-state index in [0.717, 1.165) is 29.4 Å². The molecule has 0 radical (unpaired) electrons. The lowest BCUT2D eigenvalue weighted by molar-refractivity contribution is 0.513. The first kappa shape index (κ1) is 15.1. The average Bonchev–Trinajstić information content (AvgIpc) is 2.89. The van der Waals surface area contributed by atoms with E-state index in [1.54, 1.807) is 11.3 Å². The van der Waals surface area contributed by atoms with Gasteiger partial charge in [-0.05, 0) is 44.4 Å². The molecular formula is C16H23N3S. The minimum atomic E-state index is 0.325. The maximum Gasteiger partial charge on any atom is 0.148 e. The van der Waals surface area contributed by atoms with E-state index >= 15 is 0 Å². The molecule has 2 rings (SSSR count). The van der Waals surface area contributed by atoms with Crippen LogP contribution >= 0.6 is 11.3 Å². The third kappa shape index (κ3) is 3.25. The van der Waals surface area contributed by atoms with Crippen LogP contribution in [0.3, 0.4) is 0 Å². The van der Waals surface area contributed by atoms with Gasteiger partial charge in [0, 0.05) is 5.56 Å². The molecule has 4 heteroatoms. The summed E-state index contributed by atoms with van der Waals surface area (Å²) >= 11 is 1.71. The van der Waals surface area contributed by atoms with E-state index in [4.69, 9.17) is 0 Å². The van der Waals surface area contributed by atoms with Crippen molar-refractivity contribution < 1.29 is 0 Å². The summed E-state index contributed by atoms with van der Waals surface area (Å²) in [5.74, 6) is 0. The fourth-order valence-corrected chi connectivity index (χ4v) is 3.53. The largest absolute Gasteiger partial charge is 0.308 e. The smallest absolute Gasteiger partial charge is 0.148 e. The lowest BCUT2D eigenvalue weighted by atomic mass is 10.0. The van der Waals surface area contributed by atoms with Gasteiger partial charge < -0.3 is 5.32 Å². The number of nitrogens with one attached hydrogen (secondary N) is 1. The molecule has 0 aliphatic carbocycles. The first-order valence-corrected chi connectivity index (χ1v) is 8.12. The molecule has 3 nitrogen and oxygen atoms in total. The number of rotatable bonds is 6. The number of hydrogen-bond acceptors (Lipinski definition) is 4. The van der Waals surface area contributed by atoms with E-state index in [0.29, 0.717) is 6.04 Å². The Morgan fingerprint density at radius 3 is 2.45 bits per heavy atom. The lowest BCUT2D eigenvalue weighted by Crippen LogP contribution is -2.21. The molecule has 0 amide bonds. The van der Waals surface area contributed by atoms with Gasteiger partial charge in [0.05, 0.1) is 6.04 Å². The number of aryl methyl sites for hydroxylation is 2. The van der Waals surface area contributed by atoms with Gasteiger partial charge in [0.2, 0.25) is 0 Å². The number of hydrogen-bond donors (Lipinski definition) is 1. The molecule has 0 fully saturated rings. The van der Waals surface area contributed by atoms with Gasteiger partial charge in [0.15, 0.2) is 0 Å². The first-order valence-electron chi connectivity index (χ1n) is 7.30. The Bertz CT molecular complexity index is 542. The summed E-state index contributed by atoms with van der Waals surface area (Å²) in [5.41, 5.74) is 3.77. The summed E-state index contributed by atoms with van der Waals surface area (Å²) in [6.07, 6.45) is 2.18. The molecule has 1 aromatic carbocycles. The molecule has 0 aliphatic heterocycles. The Morgan fingerprint density at radius 2 is 1.85 bits per heavy atom. The normalized spacial score (nSPS) is 12.6. The van der Waals surface area contributed by atoms with Crippen molar-refractivity contribution in [1.29, 1.82) is 0 Å². The Labute approximate surface area is 125 Å². The first-order chi connectivity index (χ1) is 9.67. The van der Waals surface area contributed by atoms with Crippen LogP contribution in [0.4, 0.5) is 0 Å². The van der Waals surface area contributed by atoms with Crippen molar-refractivity contribution in [2.24, 2.45) is 0 Å². The second kappa shape index (κ2) is 6.95. The zero-order valence-electron chi connectivity index (χ0n) is 12.7. The van der Waals surface area contributed by atoms with Crippen molar-refractivity contribution in [3.63, 3.8) is 0 Å². The standard InChI is InChI=1S/C16H23N3S/c1-5-10-17-13(6-2)15-18-19-16(20-15)14-11(3)8-7-9-12(14)4/h7-9,13,17H,5-6,10H2,1-4H3. The van der Waals surface area contributed by atoms with E-state index in [2.05, 4.69) is 61.4 Å². The second-order valence-corrected chi connectivity index (χ2v) is 6.14. The molecule has 0 saturated heterocycles. The van der Waals surface area contributed by atoms with Crippen molar-refractivity contribution >= 4 is 11.3 Å². The minimum Gasteiger partial charge on any atom is -0.308 e. The van der Waals surface area contributed by atoms with Crippen LogP contribution in [0, 0.1) is 13.8 Å². The highest BCUT2D eigenvalue weighted by atomic mass is 32.1. The van der Waals surface area contributed by atoms with Crippen LogP contribution in [-0.2, 0) is 0 Å². The summed E-state index contributed by atoms with van der Waals surface area (Å²) in [6.45, 7) is 9.66. The highest BCUT2D eigenvalue weighted by Crippen LogP contribution is 2.32. The van der Waals surface area contributed by atoms with Crippen molar-refractivity contribution in [1.82, 2.24) is 15.5 Å². The highest BCUT2D eigenvalue weighted by molar-refractivity contribution is 7.14. The van der Waals surface area contributed by atoms with E-state index < -0.39 is 0 Å². The highest BCUT2D eigenvalue weighted by Gasteiger charge is 2.16. The molecule has 1 atom stereocenters. The Kier molecular flexibility index (Phi) is 5.26. The van der Waals surface area contributed by atoms with Crippen LogP contribution in [0.15, 0.2) is 18.2 Å². The molecule has 0 bridgehead atoms. The maximum atomic E-state index is 4.41. The van der Waals surface area contributed by atoms with Crippen LogP contribution < -0.4 is 5.32 Å². The number of benzene rings is 1. The molecule has 0 spiro atoms. The Morgan fingerprint density at radius 1 is 1.15 bits per heavy atom. The zero-order chi connectivity index (χ0) is 14.5. The monoisotopic (exact) mass is 289 g/mol. The van der Waals surface area contributed by atoms with Gasteiger partial charge in [-0.2, -0.15) is 0 Å². The molecule has 0 saturated carbocycles. The third-order valence-electron chi connectivity index (χ3n) is 3.48. The van der Waals surface area contributed by atoms with E-state index in [1.807, 2.05) is 0 Å². The maximum absolute atomic E-state index is 4.41. The van der Waals surface area contributed by atoms with Crippen molar-refractivity contribution in [3.8, 4) is 10.6 Å². The second-order valence-electron chi connectivity index (χ2n) is 5.13. The van der Waals surface area contributed by atoms with Crippen LogP contribution in [0.25, 0.3) is 10.6 Å². The predicted octanol–water partition coefficient (Wildman–Crippen LogP) is 4.27. The van der Waals surface area contributed by atoms with Crippen molar-refractivity contribution in [3.05, 3.63) is 34.3 Å². The molecule has 20 heavy (non-hydrogen) atoms. The average molecular weight is 289 g/mol. The van der Waals surface area contributed by atoms with Crippen LogP contribution in [0.2, 0.25) is 0 Å². The van der Waals surface area contributed by atoms with Gasteiger partial charge >= 0.3 is 0 Å². The quantitative estimate of drug-likeness (QED) is 0.863. The van der Waals surface area contributed by atoms with Gasteiger partial charge in [-0.1, -0.05) is 43.4 Å². The lowest BCUT2D eigenvalue weighted by Gasteiger charge is -2.12. The Hall–Kier alpha value is -1.26. The summed E-state index contributed by atoms with van der Waals surface area (Å²) in [4.78, 5) is 0. The zero-order valence-corrected chi connectivity index (χ0v) is 13.5. The fraction of sp³-hybridized carbons (Fsp3) is 0.500. The van der Waals surface area contributed by atoms with Gasteiger partial charge in [0.25, 0.3) is 0 Å². The SMILES string of the molecule is CCCNC(CC)c1nnc(-c2c(C)cccc2C)s1. The van der Waals surface area contributed by atoms with Crippen LogP contribution in [-0.4, -0.2) is 16.7 Å². The minimum absolute atomic E-state index is 0.325. The number of aromatic nitrogens is 2. The van der Waals surface area contributed by atoms with Gasteiger partial charge in [0.1, 0.15) is 10.0 Å². The summed E-state index contributed by atoms with van der Waals surface area (Å²) in [6, 6.07) is 6.69. The molecule has 1 heterocycles. The van der Waals surface area contributed by atoms with Crippen molar-refractivity contribution in [2.75, 3.05) is 6.54 Å². The van der Waals surface area contributed by atoms with Gasteiger partial charge in [-0.25, -0.2) is 0 Å². The number of nitrogens with zero attached hydrogens (tertiary/aromatic N) is 2. The molecular weight excluding hydrogens is 266 g/mol. The fourth-order valence-electron chi connectivity index (χ4n) is 2.35. The summed E-state index contributed by atoms with van der Waals surface area (Å²) in [5, 5.41) is 14.5. The molecule has 1 unspecified atom stereocenters. The molecule has 0 aliphatic rings. The molecule has 1 N–H and O–H groups in total. The summed E-state index contributed by atoms with van der Waals surface area (Å²) in [7, 11) is 0. The predicted molar refractivity (Wildman–Crippen MR) is 86.1 cm³/mol. The molecule has 2 aromatic rings. The van der Waals surface area contributed by atoms with E-state index in [1.165, 1.54) is 16.7 Å². The van der Waals surface area contributed by atoms with E-state index in [-0.39, 0.29) is 0 Å². The summed E-state index contributed by atoms with van der Waals surface area (Å²) < 4.78 is 0. The van der Waals surface area contributed by atoms with E-state index in [9.17, 15) is 0 Å². The van der Waals surface area contributed by atoms with Crippen LogP contribution in [0.5, 0.6) is 0 Å². The van der Waals surface area contributed by atoms with Gasteiger partial charge in [-0.3, -0.25) is 0 Å². The van der Waals surface area contributed by atoms with Gasteiger partial charge in [-0.15, -0.1) is 10.2 Å². The molecule has 108 valence electrons. The third-order valence-corrected chi connectivity index (χ3v) is 4.54. The molecule has 1 aromatic heterocycles. The van der Waals surface area contributed by atoms with Crippen molar-refractivity contribution in [2.45, 2.75) is 46.6 Å². The topological polar surface area (TPSA) is 37.8 Å². The van der Waals surface area contributed by atoms with Crippen LogP contribution in [0.1, 0.15) is 48.9 Å². The Balaban J connectivity index is 2.28.